The SMILES string of the molecule is CNCCCN(C)c1ccc(OC)cn1. The maximum atomic E-state index is 5.06. The average molecular weight is 209 g/mol. The van der Waals surface area contributed by atoms with Gasteiger partial charge in [0.15, 0.2) is 0 Å². The van der Waals surface area contributed by atoms with Crippen LogP contribution < -0.4 is 15.0 Å². The quantitative estimate of drug-likeness (QED) is 0.713. The number of anilines is 1. The van der Waals surface area contributed by atoms with E-state index in [0.29, 0.717) is 0 Å². The molecule has 1 N–H and O–H groups in total. The second-order valence-corrected chi connectivity index (χ2v) is 3.43. The van der Waals surface area contributed by atoms with Crippen LogP contribution in [0.25, 0.3) is 0 Å². The first-order valence-electron chi connectivity index (χ1n) is 5.13. The van der Waals surface area contributed by atoms with Gasteiger partial charge in [0.2, 0.25) is 0 Å². The number of nitrogens with zero attached hydrogens (tertiary/aromatic N) is 2. The second kappa shape index (κ2) is 6.24. The number of nitrogens with one attached hydrogen (secondary N) is 1. The van der Waals surface area contributed by atoms with Crippen molar-refractivity contribution in [2.24, 2.45) is 0 Å². The number of ether oxygens (including phenoxy) is 1. The highest BCUT2D eigenvalue weighted by molar-refractivity contribution is 5.39. The molecule has 0 amide bonds. The topological polar surface area (TPSA) is 37.4 Å². The monoisotopic (exact) mass is 209 g/mol. The molecule has 1 aromatic heterocycles. The molecule has 4 nitrogen and oxygen atoms in total. The Bertz CT molecular complexity index is 274. The number of aromatic nitrogens is 1. The first-order valence-corrected chi connectivity index (χ1v) is 5.13. The minimum absolute atomic E-state index is 0.794. The van der Waals surface area contributed by atoms with Gasteiger partial charge in [0.1, 0.15) is 11.6 Å². The third-order valence-electron chi connectivity index (χ3n) is 2.27. The number of rotatable bonds is 6. The molecule has 0 saturated heterocycles. The zero-order valence-electron chi connectivity index (χ0n) is 9.66. The van der Waals surface area contributed by atoms with E-state index in [9.17, 15) is 0 Å². The van der Waals surface area contributed by atoms with Crippen LogP contribution in [0.4, 0.5) is 5.82 Å². The van der Waals surface area contributed by atoms with Gasteiger partial charge < -0.3 is 15.0 Å². The fourth-order valence-electron chi connectivity index (χ4n) is 1.33. The lowest BCUT2D eigenvalue weighted by Gasteiger charge is -2.17. The van der Waals surface area contributed by atoms with Gasteiger partial charge >= 0.3 is 0 Å². The van der Waals surface area contributed by atoms with Gasteiger partial charge in [0.25, 0.3) is 0 Å². The van der Waals surface area contributed by atoms with Crippen LogP contribution in [-0.4, -0.2) is 39.3 Å². The Morgan fingerprint density at radius 2 is 2.27 bits per heavy atom. The summed E-state index contributed by atoms with van der Waals surface area (Å²) in [7, 11) is 5.66. The summed E-state index contributed by atoms with van der Waals surface area (Å²) < 4.78 is 5.06. The van der Waals surface area contributed by atoms with Crippen molar-refractivity contribution in [3.63, 3.8) is 0 Å². The van der Waals surface area contributed by atoms with Gasteiger partial charge in [-0.3, -0.25) is 0 Å². The average Bonchev–Trinajstić information content (AvgIpc) is 2.29. The molecule has 0 aromatic carbocycles. The fraction of sp³-hybridized carbons (Fsp3) is 0.545. The normalized spacial score (nSPS) is 10.1. The zero-order chi connectivity index (χ0) is 11.1. The van der Waals surface area contributed by atoms with E-state index < -0.39 is 0 Å². The molecule has 84 valence electrons. The maximum Gasteiger partial charge on any atom is 0.137 e. The Labute approximate surface area is 91.3 Å². The first kappa shape index (κ1) is 11.8. The summed E-state index contributed by atoms with van der Waals surface area (Å²) in [6.45, 7) is 2.03. The molecular formula is C11H19N3O. The summed E-state index contributed by atoms with van der Waals surface area (Å²) in [4.78, 5) is 6.44. The fourth-order valence-corrected chi connectivity index (χ4v) is 1.33. The van der Waals surface area contributed by atoms with E-state index in [-0.39, 0.29) is 0 Å². The predicted octanol–water partition coefficient (Wildman–Crippen LogP) is 1.14. The number of hydrogen-bond acceptors (Lipinski definition) is 4. The molecule has 0 saturated carbocycles. The van der Waals surface area contributed by atoms with Crippen LogP contribution in [0, 0.1) is 0 Å². The predicted molar refractivity (Wildman–Crippen MR) is 62.6 cm³/mol. The van der Waals surface area contributed by atoms with Crippen LogP contribution in [0.15, 0.2) is 18.3 Å². The molecule has 0 fully saturated rings. The summed E-state index contributed by atoms with van der Waals surface area (Å²) >= 11 is 0. The molecule has 4 heteroatoms. The van der Waals surface area contributed by atoms with Crippen LogP contribution in [0.1, 0.15) is 6.42 Å². The maximum absolute atomic E-state index is 5.06. The molecule has 0 aliphatic heterocycles. The lowest BCUT2D eigenvalue weighted by atomic mass is 10.3. The van der Waals surface area contributed by atoms with Crippen LogP contribution in [0.3, 0.4) is 0 Å². The van der Waals surface area contributed by atoms with Gasteiger partial charge in [-0.15, -0.1) is 0 Å². The van der Waals surface area contributed by atoms with Crippen molar-refractivity contribution in [1.82, 2.24) is 10.3 Å². The number of methoxy groups -OCH3 is 1. The number of hydrogen-bond donors (Lipinski definition) is 1. The largest absolute Gasteiger partial charge is 0.495 e. The van der Waals surface area contributed by atoms with Crippen molar-refractivity contribution in [1.29, 1.82) is 0 Å². The summed E-state index contributed by atoms with van der Waals surface area (Å²) in [6, 6.07) is 3.90. The van der Waals surface area contributed by atoms with E-state index in [1.54, 1.807) is 13.3 Å². The Kier molecular flexibility index (Phi) is 4.90. The lowest BCUT2D eigenvalue weighted by molar-refractivity contribution is 0.413. The molecule has 0 radical (unpaired) electrons. The summed E-state index contributed by atoms with van der Waals surface area (Å²) in [6.07, 6.45) is 2.85. The Balaban J connectivity index is 2.46. The van der Waals surface area contributed by atoms with Crippen LogP contribution in [0.5, 0.6) is 5.75 Å². The van der Waals surface area contributed by atoms with Gasteiger partial charge in [0.05, 0.1) is 13.3 Å². The highest BCUT2D eigenvalue weighted by atomic mass is 16.5. The zero-order valence-corrected chi connectivity index (χ0v) is 9.66. The third-order valence-corrected chi connectivity index (χ3v) is 2.27. The van der Waals surface area contributed by atoms with E-state index in [1.165, 1.54) is 0 Å². The molecule has 0 spiro atoms. The second-order valence-electron chi connectivity index (χ2n) is 3.43. The van der Waals surface area contributed by atoms with E-state index in [2.05, 4.69) is 15.2 Å². The smallest absolute Gasteiger partial charge is 0.137 e. The lowest BCUT2D eigenvalue weighted by Crippen LogP contribution is -2.22. The van der Waals surface area contributed by atoms with Gasteiger partial charge in [-0.25, -0.2) is 4.98 Å². The number of pyridine rings is 1. The van der Waals surface area contributed by atoms with Crippen molar-refractivity contribution >= 4 is 5.82 Å². The Hall–Kier alpha value is -1.29. The first-order chi connectivity index (χ1) is 7.27. The summed E-state index contributed by atoms with van der Waals surface area (Å²) in [5.41, 5.74) is 0. The van der Waals surface area contributed by atoms with Gasteiger partial charge in [-0.2, -0.15) is 0 Å². The van der Waals surface area contributed by atoms with E-state index in [0.717, 1.165) is 31.1 Å². The van der Waals surface area contributed by atoms with Crippen molar-refractivity contribution < 1.29 is 4.74 Å². The highest BCUT2D eigenvalue weighted by Gasteiger charge is 2.01. The molecule has 0 atom stereocenters. The van der Waals surface area contributed by atoms with E-state index >= 15 is 0 Å². The minimum Gasteiger partial charge on any atom is -0.495 e. The summed E-state index contributed by atoms with van der Waals surface area (Å²) in [5.74, 6) is 1.77. The van der Waals surface area contributed by atoms with Crippen molar-refractivity contribution in [3.05, 3.63) is 18.3 Å². The third kappa shape index (κ3) is 3.75. The molecule has 15 heavy (non-hydrogen) atoms. The van der Waals surface area contributed by atoms with Crippen molar-refractivity contribution in [2.75, 3.05) is 39.2 Å². The molecular weight excluding hydrogens is 190 g/mol. The van der Waals surface area contributed by atoms with Crippen molar-refractivity contribution in [3.8, 4) is 5.75 Å². The standard InChI is InChI=1S/C11H19N3O/c1-12-7-4-8-14(2)11-6-5-10(15-3)9-13-11/h5-6,9,12H,4,7-8H2,1-3H3. The molecule has 1 aromatic rings. The molecule has 0 unspecified atom stereocenters. The molecule has 1 rings (SSSR count). The van der Waals surface area contributed by atoms with Crippen LogP contribution in [0.2, 0.25) is 0 Å². The molecule has 0 aliphatic rings. The Morgan fingerprint density at radius 1 is 1.47 bits per heavy atom. The van der Waals surface area contributed by atoms with Crippen LogP contribution in [-0.2, 0) is 0 Å². The van der Waals surface area contributed by atoms with E-state index in [4.69, 9.17) is 4.74 Å². The van der Waals surface area contributed by atoms with Gasteiger partial charge in [-0.05, 0) is 32.1 Å². The molecule has 0 aliphatic carbocycles. The van der Waals surface area contributed by atoms with Crippen LogP contribution >= 0.6 is 0 Å². The molecule has 1 heterocycles. The Morgan fingerprint density at radius 3 is 2.80 bits per heavy atom. The molecule has 0 bridgehead atoms. The minimum atomic E-state index is 0.794. The van der Waals surface area contributed by atoms with Gasteiger partial charge in [0, 0.05) is 13.6 Å². The van der Waals surface area contributed by atoms with Crippen molar-refractivity contribution in [2.45, 2.75) is 6.42 Å². The van der Waals surface area contributed by atoms with E-state index in [1.807, 2.05) is 26.2 Å². The highest BCUT2D eigenvalue weighted by Crippen LogP contribution is 2.14. The summed E-state index contributed by atoms with van der Waals surface area (Å²) in [5, 5.41) is 3.13. The van der Waals surface area contributed by atoms with Gasteiger partial charge in [-0.1, -0.05) is 0 Å².